The molecule has 2 nitrogen and oxygen atoms in total. The summed E-state index contributed by atoms with van der Waals surface area (Å²) in [6.45, 7) is 11.4. The average Bonchev–Trinajstić information content (AvgIpc) is 2.43. The van der Waals surface area contributed by atoms with Crippen LogP contribution in [0.5, 0.6) is 0 Å². The van der Waals surface area contributed by atoms with Crippen LogP contribution in [0.3, 0.4) is 0 Å². The zero-order valence-electron chi connectivity index (χ0n) is 11.9. The Kier molecular flexibility index (Phi) is 4.42. The predicted octanol–water partition coefficient (Wildman–Crippen LogP) is 3.36. The molecule has 1 fully saturated rings. The maximum Gasteiger partial charge on any atom is 0.0631 e. The minimum atomic E-state index is 0.107. The van der Waals surface area contributed by atoms with Crippen LogP contribution in [0, 0.1) is 5.41 Å². The van der Waals surface area contributed by atoms with E-state index < -0.39 is 0 Å². The van der Waals surface area contributed by atoms with Crippen molar-refractivity contribution in [1.29, 1.82) is 0 Å². The second-order valence-electron chi connectivity index (χ2n) is 6.80. The SMILES string of the molecule is CNC(C)CC(C)(C)CC1CCC(C)(C)O1. The third kappa shape index (κ3) is 4.42. The van der Waals surface area contributed by atoms with Crippen molar-refractivity contribution in [3.05, 3.63) is 0 Å². The Labute approximate surface area is 101 Å². The fourth-order valence-corrected chi connectivity index (χ4v) is 2.85. The molecule has 0 radical (unpaired) electrons. The molecule has 0 amide bonds. The van der Waals surface area contributed by atoms with Gasteiger partial charge in [-0.15, -0.1) is 0 Å². The smallest absolute Gasteiger partial charge is 0.0631 e. The van der Waals surface area contributed by atoms with Crippen molar-refractivity contribution in [2.75, 3.05) is 7.05 Å². The molecule has 2 unspecified atom stereocenters. The van der Waals surface area contributed by atoms with Crippen molar-refractivity contribution in [2.45, 2.75) is 78.0 Å². The molecule has 1 aliphatic heterocycles. The summed E-state index contributed by atoms with van der Waals surface area (Å²) in [6, 6.07) is 0.587. The number of hydrogen-bond donors (Lipinski definition) is 1. The quantitative estimate of drug-likeness (QED) is 0.777. The van der Waals surface area contributed by atoms with Gasteiger partial charge in [-0.3, -0.25) is 0 Å². The summed E-state index contributed by atoms with van der Waals surface area (Å²) in [6.07, 6.45) is 5.29. The van der Waals surface area contributed by atoms with Gasteiger partial charge >= 0.3 is 0 Å². The minimum absolute atomic E-state index is 0.107. The van der Waals surface area contributed by atoms with Crippen LogP contribution in [-0.2, 0) is 4.74 Å². The molecule has 0 aromatic carbocycles. The number of ether oxygens (including phenoxy) is 1. The van der Waals surface area contributed by atoms with E-state index >= 15 is 0 Å². The van der Waals surface area contributed by atoms with Gasteiger partial charge in [-0.05, 0) is 58.9 Å². The highest BCUT2D eigenvalue weighted by atomic mass is 16.5. The summed E-state index contributed by atoms with van der Waals surface area (Å²) in [5.41, 5.74) is 0.475. The molecule has 1 rings (SSSR count). The van der Waals surface area contributed by atoms with E-state index in [0.717, 1.165) is 0 Å². The molecule has 1 aliphatic rings. The number of nitrogens with one attached hydrogen (secondary N) is 1. The molecule has 0 spiro atoms. The maximum atomic E-state index is 6.08. The molecule has 1 heterocycles. The predicted molar refractivity (Wildman–Crippen MR) is 69.7 cm³/mol. The van der Waals surface area contributed by atoms with Crippen LogP contribution in [-0.4, -0.2) is 24.8 Å². The number of rotatable bonds is 5. The highest BCUT2D eigenvalue weighted by Gasteiger charge is 2.35. The van der Waals surface area contributed by atoms with Crippen molar-refractivity contribution in [2.24, 2.45) is 5.41 Å². The van der Waals surface area contributed by atoms with Crippen LogP contribution in [0.1, 0.15) is 60.3 Å². The first-order chi connectivity index (χ1) is 7.24. The lowest BCUT2D eigenvalue weighted by molar-refractivity contribution is -0.0333. The summed E-state index contributed by atoms with van der Waals surface area (Å²) >= 11 is 0. The number of hydrogen-bond acceptors (Lipinski definition) is 2. The average molecular weight is 227 g/mol. The fraction of sp³-hybridized carbons (Fsp3) is 1.00. The van der Waals surface area contributed by atoms with Gasteiger partial charge in [0, 0.05) is 6.04 Å². The van der Waals surface area contributed by atoms with Gasteiger partial charge in [0.1, 0.15) is 0 Å². The van der Waals surface area contributed by atoms with Crippen molar-refractivity contribution in [1.82, 2.24) is 5.32 Å². The van der Waals surface area contributed by atoms with Gasteiger partial charge < -0.3 is 10.1 Å². The van der Waals surface area contributed by atoms with E-state index in [1.54, 1.807) is 0 Å². The Balaban J connectivity index is 2.41. The van der Waals surface area contributed by atoms with E-state index in [2.05, 4.69) is 39.9 Å². The van der Waals surface area contributed by atoms with Crippen LogP contribution in [0.4, 0.5) is 0 Å². The molecule has 2 heteroatoms. The molecule has 16 heavy (non-hydrogen) atoms. The monoisotopic (exact) mass is 227 g/mol. The first kappa shape index (κ1) is 14.0. The van der Waals surface area contributed by atoms with Crippen molar-refractivity contribution in [3.8, 4) is 0 Å². The van der Waals surface area contributed by atoms with Gasteiger partial charge in [-0.25, -0.2) is 0 Å². The largest absolute Gasteiger partial charge is 0.372 e. The molecule has 0 aromatic rings. The van der Waals surface area contributed by atoms with E-state index in [4.69, 9.17) is 4.74 Å². The van der Waals surface area contributed by atoms with E-state index in [0.29, 0.717) is 17.6 Å². The zero-order valence-corrected chi connectivity index (χ0v) is 11.9. The standard InChI is InChI=1S/C14H29NO/c1-11(15-6)9-13(2,3)10-12-7-8-14(4,5)16-12/h11-12,15H,7-10H2,1-6H3. The van der Waals surface area contributed by atoms with Crippen LogP contribution in [0.25, 0.3) is 0 Å². The summed E-state index contributed by atoms with van der Waals surface area (Å²) < 4.78 is 6.08. The third-order valence-corrected chi connectivity index (χ3v) is 3.69. The molecular weight excluding hydrogens is 198 g/mol. The molecule has 0 aliphatic carbocycles. The summed E-state index contributed by atoms with van der Waals surface area (Å²) in [4.78, 5) is 0. The molecule has 0 bridgehead atoms. The summed E-state index contributed by atoms with van der Waals surface area (Å²) in [7, 11) is 2.04. The first-order valence-corrected chi connectivity index (χ1v) is 6.59. The van der Waals surface area contributed by atoms with Gasteiger partial charge in [0.25, 0.3) is 0 Å². The van der Waals surface area contributed by atoms with Gasteiger partial charge in [-0.1, -0.05) is 13.8 Å². The highest BCUT2D eigenvalue weighted by molar-refractivity contribution is 4.85. The zero-order chi connectivity index (χ0) is 12.4. The lowest BCUT2D eigenvalue weighted by Crippen LogP contribution is -2.31. The minimum Gasteiger partial charge on any atom is -0.372 e. The topological polar surface area (TPSA) is 21.3 Å². The van der Waals surface area contributed by atoms with Crippen LogP contribution in [0.15, 0.2) is 0 Å². The molecule has 0 saturated carbocycles. The second-order valence-corrected chi connectivity index (χ2v) is 6.80. The maximum absolute atomic E-state index is 6.08. The van der Waals surface area contributed by atoms with Crippen LogP contribution < -0.4 is 5.32 Å². The van der Waals surface area contributed by atoms with Crippen molar-refractivity contribution < 1.29 is 4.74 Å². The molecule has 96 valence electrons. The summed E-state index contributed by atoms with van der Waals surface area (Å²) in [5, 5.41) is 3.32. The van der Waals surface area contributed by atoms with Gasteiger partial charge in [-0.2, -0.15) is 0 Å². The lowest BCUT2D eigenvalue weighted by atomic mass is 9.80. The fourth-order valence-electron chi connectivity index (χ4n) is 2.85. The van der Waals surface area contributed by atoms with Crippen LogP contribution in [0.2, 0.25) is 0 Å². The van der Waals surface area contributed by atoms with Crippen molar-refractivity contribution >= 4 is 0 Å². The molecule has 0 aromatic heterocycles. The normalized spacial score (nSPS) is 27.0. The van der Waals surface area contributed by atoms with E-state index in [-0.39, 0.29) is 5.60 Å². The van der Waals surface area contributed by atoms with Gasteiger partial charge in [0.15, 0.2) is 0 Å². The second kappa shape index (κ2) is 5.05. The molecule has 1 saturated heterocycles. The Hall–Kier alpha value is -0.0800. The Bertz CT molecular complexity index is 223. The lowest BCUT2D eigenvalue weighted by Gasteiger charge is -2.31. The Morgan fingerprint density at radius 1 is 1.44 bits per heavy atom. The molecular formula is C14H29NO. The first-order valence-electron chi connectivity index (χ1n) is 6.59. The van der Waals surface area contributed by atoms with E-state index in [1.807, 2.05) is 7.05 Å². The molecule has 1 N–H and O–H groups in total. The Morgan fingerprint density at radius 2 is 2.06 bits per heavy atom. The molecule has 2 atom stereocenters. The third-order valence-electron chi connectivity index (χ3n) is 3.69. The summed E-state index contributed by atoms with van der Waals surface area (Å²) in [5.74, 6) is 0. The van der Waals surface area contributed by atoms with Crippen LogP contribution >= 0.6 is 0 Å². The van der Waals surface area contributed by atoms with Gasteiger partial charge in [0.05, 0.1) is 11.7 Å². The Morgan fingerprint density at radius 3 is 2.50 bits per heavy atom. The van der Waals surface area contributed by atoms with Crippen molar-refractivity contribution in [3.63, 3.8) is 0 Å². The highest BCUT2D eigenvalue weighted by Crippen LogP contribution is 2.37. The van der Waals surface area contributed by atoms with Gasteiger partial charge in [0.2, 0.25) is 0 Å². The van der Waals surface area contributed by atoms with E-state index in [9.17, 15) is 0 Å². The van der Waals surface area contributed by atoms with E-state index in [1.165, 1.54) is 25.7 Å².